The van der Waals surface area contributed by atoms with Crippen LogP contribution in [0.5, 0.6) is 11.5 Å². The molecule has 0 aliphatic carbocycles. The van der Waals surface area contributed by atoms with Gasteiger partial charge in [0.25, 0.3) is 0 Å². The van der Waals surface area contributed by atoms with Gasteiger partial charge in [-0.15, -0.1) is 0 Å². The van der Waals surface area contributed by atoms with Crippen LogP contribution in [0.2, 0.25) is 10.3 Å². The van der Waals surface area contributed by atoms with Crippen LogP contribution in [0.15, 0.2) is 132 Å². The van der Waals surface area contributed by atoms with E-state index < -0.39 is 0 Å². The van der Waals surface area contributed by atoms with Gasteiger partial charge < -0.3 is 0 Å². The quantitative estimate of drug-likeness (QED) is 0.101. The average Bonchev–Trinajstić information content (AvgIpc) is 3.78. The number of benzene rings is 5. The zero-order chi connectivity index (χ0) is 32.2. The van der Waals surface area contributed by atoms with Crippen LogP contribution in [-0.2, 0) is 13.0 Å². The first-order chi connectivity index (χ1) is 23.0. The third-order valence-corrected chi connectivity index (χ3v) is 10.6. The molecule has 6 nitrogen and oxygen atoms in total. The van der Waals surface area contributed by atoms with Crippen LogP contribution in [0, 0.1) is 0 Å². The first-order valence-corrected chi connectivity index (χ1v) is 17.6. The molecule has 6 aromatic rings. The Labute approximate surface area is 283 Å². The number of nitrogens with zero attached hydrogens (tertiary/aromatic N) is 1. The molecule has 8 heteroatoms. The van der Waals surface area contributed by atoms with Crippen molar-refractivity contribution in [3.8, 4) is 22.8 Å². The molecule has 2 heterocycles. The van der Waals surface area contributed by atoms with E-state index in [0.29, 0.717) is 56.7 Å². The second-order valence-electron chi connectivity index (χ2n) is 11.0. The van der Waals surface area contributed by atoms with E-state index >= 15 is 0 Å². The maximum atomic E-state index is 14.1. The van der Waals surface area contributed by atoms with Crippen molar-refractivity contribution in [1.82, 2.24) is 5.16 Å². The number of aromatic nitrogens is 1. The van der Waals surface area contributed by atoms with Crippen molar-refractivity contribution in [3.63, 3.8) is 0 Å². The Hall–Kier alpha value is -4.94. The van der Waals surface area contributed by atoms with E-state index in [1.54, 1.807) is 42.5 Å². The number of ketones is 2. The Morgan fingerprint density at radius 1 is 0.787 bits per heavy atom. The van der Waals surface area contributed by atoms with Crippen molar-refractivity contribution >= 4 is 42.6 Å². The molecule has 7 rings (SSSR count). The van der Waals surface area contributed by atoms with E-state index in [0.717, 1.165) is 10.9 Å². The molecule has 0 radical (unpaired) electrons. The van der Waals surface area contributed by atoms with Crippen LogP contribution >= 0.6 is 11.6 Å². The van der Waals surface area contributed by atoms with Crippen LogP contribution in [-0.4, -0.2) is 37.8 Å². The molecule has 232 valence electrons. The summed E-state index contributed by atoms with van der Waals surface area (Å²) in [4.78, 5) is 28.1. The van der Waals surface area contributed by atoms with Crippen LogP contribution in [0.3, 0.4) is 0 Å². The molecule has 1 aromatic heterocycles. The van der Waals surface area contributed by atoms with Gasteiger partial charge in [0.05, 0.1) is 0 Å². The Balaban J connectivity index is 1.28. The van der Waals surface area contributed by atoms with Gasteiger partial charge in [0, 0.05) is 0 Å². The molecular weight excluding hydrogens is 677 g/mol. The number of ether oxygens (including phenoxy) is 2. The van der Waals surface area contributed by atoms with E-state index in [1.165, 1.54) is 4.46 Å². The van der Waals surface area contributed by atoms with E-state index in [9.17, 15) is 9.59 Å². The van der Waals surface area contributed by atoms with Crippen LogP contribution in [0.4, 0.5) is 0 Å². The summed E-state index contributed by atoms with van der Waals surface area (Å²) in [6, 6.07) is 39.1. The van der Waals surface area contributed by atoms with Gasteiger partial charge >= 0.3 is 255 Å². The molecule has 0 amide bonds. The first kappa shape index (κ1) is 30.7. The molecule has 0 fully saturated rings. The third-order valence-electron chi connectivity index (χ3n) is 7.85. The summed E-state index contributed by atoms with van der Waals surface area (Å²) in [5.41, 5.74) is 3.65. The minimum atomic E-state index is -0.253. The van der Waals surface area contributed by atoms with Gasteiger partial charge in [0.2, 0.25) is 0 Å². The van der Waals surface area contributed by atoms with Gasteiger partial charge in [-0.3, -0.25) is 0 Å². The van der Waals surface area contributed by atoms with Crippen molar-refractivity contribution in [1.29, 1.82) is 0 Å². The summed E-state index contributed by atoms with van der Waals surface area (Å²) in [7, 11) is 0. The van der Waals surface area contributed by atoms with E-state index in [2.05, 4.69) is 17.3 Å². The predicted molar refractivity (Wildman–Crippen MR) is 182 cm³/mol. The summed E-state index contributed by atoms with van der Waals surface area (Å²) in [5, 5.41) is 5.54. The number of fused-ring (bicyclic) bond motifs is 1. The van der Waals surface area contributed by atoms with Gasteiger partial charge in [0.1, 0.15) is 0 Å². The monoisotopic (exact) mass is 705 g/mol. The summed E-state index contributed by atoms with van der Waals surface area (Å²) >= 11 is 6.54. The molecular formula is C39H28ClNO5Se. The zero-order valence-corrected chi connectivity index (χ0v) is 27.6. The van der Waals surface area contributed by atoms with Gasteiger partial charge in [-0.1, -0.05) is 23.7 Å². The zero-order valence-electron chi connectivity index (χ0n) is 25.1. The average molecular weight is 705 g/mol. The van der Waals surface area contributed by atoms with Crippen LogP contribution in [0.1, 0.15) is 43.2 Å². The van der Waals surface area contributed by atoms with Crippen LogP contribution in [0.25, 0.3) is 11.3 Å². The topological polar surface area (TPSA) is 78.6 Å². The Morgan fingerprint density at radius 2 is 1.40 bits per heavy atom. The molecule has 1 unspecified atom stereocenters. The summed E-state index contributed by atoms with van der Waals surface area (Å²) in [6.45, 7) is 0.00353. The fourth-order valence-electron chi connectivity index (χ4n) is 5.57. The second kappa shape index (κ2) is 13.8. The predicted octanol–water partition coefficient (Wildman–Crippen LogP) is 7.79. The second-order valence-corrected chi connectivity index (χ2v) is 13.7. The van der Waals surface area contributed by atoms with E-state index in [1.807, 2.05) is 72.8 Å². The van der Waals surface area contributed by atoms with Gasteiger partial charge in [-0.05, 0) is 6.07 Å². The van der Waals surface area contributed by atoms with Crippen LogP contribution < -0.4 is 13.9 Å². The molecule has 1 aliphatic rings. The molecule has 47 heavy (non-hydrogen) atoms. The molecule has 1 atom stereocenters. The van der Waals surface area contributed by atoms with E-state index in [4.69, 9.17) is 25.6 Å². The van der Waals surface area contributed by atoms with Gasteiger partial charge in [-0.25, -0.2) is 0 Å². The fraction of sp³-hybridized carbons (Fsp3) is 0.103. The molecule has 1 aliphatic heterocycles. The number of hydrogen-bond acceptors (Lipinski definition) is 6. The normalized spacial score (nSPS) is 13.5. The standard InChI is InChI=1S/C39H28ClNO5Se/c40-34-19-11-10-18-30(34)35-21-27(46-41-35)23-44-38-31(36(42)25-12-4-1-5-13-25)22-32(37(43)26-14-6-2-7-15-26)39-33(38)20-28(45-39)24-47-29-16-8-3-9-17-29/h1-19,21-22,28H,20,23-24H2. The van der Waals surface area contributed by atoms with Gasteiger partial charge in [0.15, 0.2) is 0 Å². The van der Waals surface area contributed by atoms with Gasteiger partial charge in [-0.2, -0.15) is 0 Å². The van der Waals surface area contributed by atoms with E-state index in [-0.39, 0.29) is 44.8 Å². The fourth-order valence-corrected chi connectivity index (χ4v) is 7.72. The summed E-state index contributed by atoms with van der Waals surface area (Å²) in [5.74, 6) is 0.825. The number of rotatable bonds is 11. The molecule has 0 saturated heterocycles. The minimum absolute atomic E-state index is 0.00353. The van der Waals surface area contributed by atoms with Crippen molar-refractivity contribution in [3.05, 3.63) is 166 Å². The maximum absolute atomic E-state index is 14.1. The molecule has 0 N–H and O–H groups in total. The number of hydrogen-bond donors (Lipinski definition) is 0. The van der Waals surface area contributed by atoms with Crippen molar-refractivity contribution in [2.75, 3.05) is 0 Å². The van der Waals surface area contributed by atoms with Crippen molar-refractivity contribution < 1.29 is 23.6 Å². The molecule has 5 aromatic carbocycles. The molecule has 0 saturated carbocycles. The van der Waals surface area contributed by atoms with Crippen molar-refractivity contribution in [2.45, 2.75) is 24.5 Å². The molecule has 0 spiro atoms. The Morgan fingerprint density at radius 3 is 2.09 bits per heavy atom. The first-order valence-electron chi connectivity index (χ1n) is 15.1. The number of halogens is 1. The molecule has 0 bridgehead atoms. The summed E-state index contributed by atoms with van der Waals surface area (Å²) < 4.78 is 19.9. The Kier molecular flexibility index (Phi) is 9.02. The number of carbonyl (C=O) groups is 2. The number of carbonyl (C=O) groups excluding carboxylic acids is 2. The third kappa shape index (κ3) is 6.65. The van der Waals surface area contributed by atoms with Crippen molar-refractivity contribution in [2.24, 2.45) is 0 Å². The Bertz CT molecular complexity index is 2050. The SMILES string of the molecule is O=C(c1ccccc1)c1cc(C(=O)c2ccccc2)c2c(c1OCc1cc(-c3ccccc3Cl)no1)CC(C[Se]c1ccccc1)O2. The summed E-state index contributed by atoms with van der Waals surface area (Å²) in [6.07, 6.45) is 0.306.